The zero-order chi connectivity index (χ0) is 31.1. The summed E-state index contributed by atoms with van der Waals surface area (Å²) in [6.45, 7) is 0. The van der Waals surface area contributed by atoms with E-state index in [1.807, 2.05) is 0 Å². The minimum absolute atomic E-state index is 0.0894. The molecule has 12 heteroatoms. The zero-order valence-corrected chi connectivity index (χ0v) is 21.2. The molecule has 0 saturated heterocycles. The van der Waals surface area contributed by atoms with Crippen molar-refractivity contribution in [1.82, 2.24) is 0 Å². The Labute approximate surface area is 236 Å². The first kappa shape index (κ1) is 30.2. The van der Waals surface area contributed by atoms with Gasteiger partial charge in [-0.1, -0.05) is 24.3 Å². The molecule has 0 bridgehead atoms. The van der Waals surface area contributed by atoms with Gasteiger partial charge in [-0.2, -0.15) is 0 Å². The van der Waals surface area contributed by atoms with Crippen LogP contribution in [0, 0.1) is 0 Å². The molecular weight excluding hydrogens is 552 g/mol. The normalized spacial score (nSPS) is 10.1. The fourth-order valence-corrected chi connectivity index (χ4v) is 3.69. The molecule has 0 saturated carbocycles. The van der Waals surface area contributed by atoms with Crippen molar-refractivity contribution in [2.45, 2.75) is 0 Å². The van der Waals surface area contributed by atoms with Crippen molar-refractivity contribution >= 4 is 35.8 Å². The molecule has 4 aromatic carbocycles. The number of hydrogen-bond acceptors (Lipinski definition) is 6. The Bertz CT molecular complexity index is 1530. The molecule has 4 rings (SSSR count). The molecule has 0 radical (unpaired) electrons. The maximum Gasteiger partial charge on any atom is 0.335 e. The molecule has 0 aromatic heterocycles. The second-order valence-corrected chi connectivity index (χ2v) is 8.58. The van der Waals surface area contributed by atoms with E-state index in [2.05, 4.69) is 0 Å². The lowest BCUT2D eigenvalue weighted by molar-refractivity contribution is 0.0676. The van der Waals surface area contributed by atoms with Crippen LogP contribution < -0.4 is 0 Å². The van der Waals surface area contributed by atoms with Crippen molar-refractivity contribution in [2.24, 2.45) is 0 Å². The maximum absolute atomic E-state index is 11.0. The minimum atomic E-state index is -1.23. The van der Waals surface area contributed by atoms with E-state index in [9.17, 15) is 28.8 Å². The first-order valence-electron chi connectivity index (χ1n) is 11.7. The Balaban J connectivity index is 0.000000230. The summed E-state index contributed by atoms with van der Waals surface area (Å²) in [5.41, 5.74) is 1.45. The van der Waals surface area contributed by atoms with Gasteiger partial charge in [-0.3, -0.25) is 0 Å². The second kappa shape index (κ2) is 12.7. The third-order valence-electron chi connectivity index (χ3n) is 5.78. The summed E-state index contributed by atoms with van der Waals surface area (Å²) in [5, 5.41) is 53.7. The topological polar surface area (TPSA) is 224 Å². The van der Waals surface area contributed by atoms with Crippen LogP contribution in [0.15, 0.2) is 84.9 Å². The number of carboxylic acids is 6. The van der Waals surface area contributed by atoms with Crippen molar-refractivity contribution in [3.8, 4) is 22.3 Å². The van der Waals surface area contributed by atoms with Crippen LogP contribution in [0.1, 0.15) is 62.1 Å². The van der Waals surface area contributed by atoms with Crippen LogP contribution in [-0.4, -0.2) is 66.5 Å². The number of aromatic carboxylic acids is 6. The molecule has 42 heavy (non-hydrogen) atoms. The van der Waals surface area contributed by atoms with E-state index >= 15 is 0 Å². The molecule has 0 fully saturated rings. The first-order valence-corrected chi connectivity index (χ1v) is 11.7. The molecule has 212 valence electrons. The van der Waals surface area contributed by atoms with Crippen LogP contribution in [0.5, 0.6) is 0 Å². The van der Waals surface area contributed by atoms with E-state index in [-0.39, 0.29) is 33.4 Å². The summed E-state index contributed by atoms with van der Waals surface area (Å²) >= 11 is 0. The average molecular weight is 572 g/mol. The Morgan fingerprint density at radius 1 is 0.286 bits per heavy atom. The van der Waals surface area contributed by atoms with Crippen LogP contribution in [-0.2, 0) is 0 Å². The van der Waals surface area contributed by atoms with Crippen molar-refractivity contribution in [1.29, 1.82) is 0 Å². The predicted molar refractivity (Wildman–Crippen MR) is 146 cm³/mol. The Morgan fingerprint density at radius 3 is 0.690 bits per heavy atom. The first-order chi connectivity index (χ1) is 19.8. The number of carbonyl (C=O) groups is 6. The molecule has 0 unspecified atom stereocenters. The molecule has 4 aromatic rings. The number of benzene rings is 4. The third kappa shape index (κ3) is 7.42. The molecule has 0 amide bonds. The lowest BCUT2D eigenvalue weighted by Gasteiger charge is -2.06. The summed E-state index contributed by atoms with van der Waals surface area (Å²) in [6, 6.07) is 18.9. The highest BCUT2D eigenvalue weighted by molar-refractivity contribution is 5.97. The second-order valence-electron chi connectivity index (χ2n) is 8.58. The Kier molecular flexibility index (Phi) is 9.15. The van der Waals surface area contributed by atoms with Crippen LogP contribution in [0.3, 0.4) is 0 Å². The van der Waals surface area contributed by atoms with Crippen LogP contribution in [0.2, 0.25) is 0 Å². The van der Waals surface area contributed by atoms with E-state index in [0.29, 0.717) is 22.3 Å². The highest BCUT2D eigenvalue weighted by atomic mass is 16.4. The number of rotatable bonds is 8. The fourth-order valence-electron chi connectivity index (χ4n) is 3.69. The standard InChI is InChI=1S/2C15H10O6/c2*16-13(17)9-3-1-8(2-4-9)10-5-11(14(18)19)7-12(6-10)15(20)21/h2*1-7H,(H,16,17)(H,18,19)(H,20,21). The number of carboxylic acid groups (broad SMARTS) is 6. The van der Waals surface area contributed by atoms with Gasteiger partial charge in [0.1, 0.15) is 0 Å². The summed E-state index contributed by atoms with van der Waals surface area (Å²) in [6.07, 6.45) is 0. The molecule has 0 aliphatic heterocycles. The average Bonchev–Trinajstić information content (AvgIpc) is 2.97. The summed E-state index contributed by atoms with van der Waals surface area (Å²) in [5.74, 6) is -7.09. The molecule has 6 N–H and O–H groups in total. The van der Waals surface area contributed by atoms with Gasteiger partial charge in [-0.15, -0.1) is 0 Å². The van der Waals surface area contributed by atoms with Crippen molar-refractivity contribution in [3.63, 3.8) is 0 Å². The summed E-state index contributed by atoms with van der Waals surface area (Å²) in [4.78, 5) is 65.7. The fraction of sp³-hybridized carbons (Fsp3) is 0. The van der Waals surface area contributed by atoms with Gasteiger partial charge in [-0.25, -0.2) is 28.8 Å². The molecule has 0 spiro atoms. The molecule has 0 heterocycles. The van der Waals surface area contributed by atoms with Crippen LogP contribution >= 0.6 is 0 Å². The van der Waals surface area contributed by atoms with Gasteiger partial charge < -0.3 is 30.6 Å². The predicted octanol–water partition coefficient (Wildman–Crippen LogP) is 4.90. The smallest absolute Gasteiger partial charge is 0.335 e. The zero-order valence-electron chi connectivity index (χ0n) is 21.2. The van der Waals surface area contributed by atoms with Crippen LogP contribution in [0.4, 0.5) is 0 Å². The minimum Gasteiger partial charge on any atom is -0.478 e. The quantitative estimate of drug-likeness (QED) is 0.166. The summed E-state index contributed by atoms with van der Waals surface area (Å²) in [7, 11) is 0. The molecule has 12 nitrogen and oxygen atoms in total. The van der Waals surface area contributed by atoms with E-state index < -0.39 is 35.8 Å². The lowest BCUT2D eigenvalue weighted by Crippen LogP contribution is -2.03. The van der Waals surface area contributed by atoms with Crippen molar-refractivity contribution in [3.05, 3.63) is 118 Å². The van der Waals surface area contributed by atoms with E-state index in [4.69, 9.17) is 30.6 Å². The SMILES string of the molecule is O=C(O)c1ccc(-c2cc(C(=O)O)cc(C(=O)O)c2)cc1.O=C(O)c1ccc(-c2cc(C(=O)O)cc(C(=O)O)c2)cc1. The largest absolute Gasteiger partial charge is 0.478 e. The highest BCUT2D eigenvalue weighted by Crippen LogP contribution is 2.25. The monoisotopic (exact) mass is 572 g/mol. The molecular formula is C30H20O12. The highest BCUT2D eigenvalue weighted by Gasteiger charge is 2.14. The van der Waals surface area contributed by atoms with Gasteiger partial charge in [-0.05, 0) is 82.9 Å². The molecule has 0 aliphatic carbocycles. The van der Waals surface area contributed by atoms with Gasteiger partial charge >= 0.3 is 35.8 Å². The summed E-state index contributed by atoms with van der Waals surface area (Å²) < 4.78 is 0. The van der Waals surface area contributed by atoms with Gasteiger partial charge in [0.05, 0.1) is 33.4 Å². The van der Waals surface area contributed by atoms with Gasteiger partial charge in [0.2, 0.25) is 0 Å². The van der Waals surface area contributed by atoms with E-state index in [1.54, 1.807) is 0 Å². The van der Waals surface area contributed by atoms with Gasteiger partial charge in [0.15, 0.2) is 0 Å². The molecule has 0 aliphatic rings. The van der Waals surface area contributed by atoms with Crippen molar-refractivity contribution in [2.75, 3.05) is 0 Å². The third-order valence-corrected chi connectivity index (χ3v) is 5.78. The van der Waals surface area contributed by atoms with Gasteiger partial charge in [0, 0.05) is 0 Å². The van der Waals surface area contributed by atoms with Crippen molar-refractivity contribution < 1.29 is 59.4 Å². The van der Waals surface area contributed by atoms with E-state index in [1.165, 1.54) is 72.8 Å². The number of hydrogen-bond donors (Lipinski definition) is 6. The van der Waals surface area contributed by atoms with E-state index in [0.717, 1.165) is 12.1 Å². The molecule has 0 atom stereocenters. The maximum atomic E-state index is 11.0. The Morgan fingerprint density at radius 2 is 0.500 bits per heavy atom. The van der Waals surface area contributed by atoms with Gasteiger partial charge in [0.25, 0.3) is 0 Å². The lowest BCUT2D eigenvalue weighted by atomic mass is 9.99. The Hall–Kier alpha value is -6.30. The van der Waals surface area contributed by atoms with Crippen LogP contribution in [0.25, 0.3) is 22.3 Å².